The fourth-order valence-corrected chi connectivity index (χ4v) is 2.42. The van der Waals surface area contributed by atoms with E-state index in [0.29, 0.717) is 29.6 Å². The Morgan fingerprint density at radius 1 is 1.12 bits per heavy atom. The molecular formula is C19H19N3O3. The number of aromatic nitrogens is 2. The third-order valence-corrected chi connectivity index (χ3v) is 3.66. The van der Waals surface area contributed by atoms with Crippen molar-refractivity contribution in [3.63, 3.8) is 0 Å². The lowest BCUT2D eigenvalue weighted by Crippen LogP contribution is -2.21. The topological polar surface area (TPSA) is 77.2 Å². The third kappa shape index (κ3) is 4.44. The van der Waals surface area contributed by atoms with Gasteiger partial charge in [-0.15, -0.1) is 0 Å². The summed E-state index contributed by atoms with van der Waals surface area (Å²) < 4.78 is 10.7. The third-order valence-electron chi connectivity index (χ3n) is 3.66. The van der Waals surface area contributed by atoms with Crippen molar-refractivity contribution >= 4 is 11.6 Å². The number of benzene rings is 2. The molecule has 1 amide bonds. The molecule has 0 atom stereocenters. The van der Waals surface area contributed by atoms with E-state index in [4.69, 9.17) is 9.26 Å². The molecule has 3 rings (SSSR count). The molecule has 0 bridgehead atoms. The van der Waals surface area contributed by atoms with E-state index in [1.54, 1.807) is 6.92 Å². The van der Waals surface area contributed by atoms with Crippen molar-refractivity contribution < 1.29 is 14.1 Å². The number of nitrogens with one attached hydrogen (secondary N) is 1. The summed E-state index contributed by atoms with van der Waals surface area (Å²) in [6.07, 6.45) is 0.454. The predicted molar refractivity (Wildman–Crippen MR) is 93.6 cm³/mol. The average molecular weight is 337 g/mol. The smallest absolute Gasteiger partial charge is 0.262 e. The number of rotatable bonds is 6. The summed E-state index contributed by atoms with van der Waals surface area (Å²) in [7, 11) is 0. The highest BCUT2D eigenvalue weighted by Gasteiger charge is 2.11. The fourth-order valence-electron chi connectivity index (χ4n) is 2.42. The first kappa shape index (κ1) is 16.7. The molecule has 1 aromatic heterocycles. The van der Waals surface area contributed by atoms with E-state index in [0.717, 1.165) is 11.1 Å². The number of para-hydroxylation sites is 2. The van der Waals surface area contributed by atoms with Crippen molar-refractivity contribution in [1.29, 1.82) is 0 Å². The van der Waals surface area contributed by atoms with Crippen LogP contribution < -0.4 is 10.1 Å². The van der Waals surface area contributed by atoms with Gasteiger partial charge >= 0.3 is 0 Å². The standard InChI is InChI=1S/C19H19N3O3/c1-13-7-3-6-10-17(13)24-12-18(23)21-16-9-5-4-8-15(16)11-19-20-14(2)22-25-19/h3-10H,11-12H2,1-2H3,(H,21,23). The van der Waals surface area contributed by atoms with Crippen LogP contribution in [-0.4, -0.2) is 22.7 Å². The van der Waals surface area contributed by atoms with Gasteiger partial charge in [0.25, 0.3) is 5.91 Å². The Labute approximate surface area is 145 Å². The number of carbonyl (C=O) groups is 1. The molecule has 2 aromatic carbocycles. The Balaban J connectivity index is 1.64. The highest BCUT2D eigenvalue weighted by Crippen LogP contribution is 2.19. The normalized spacial score (nSPS) is 10.5. The summed E-state index contributed by atoms with van der Waals surface area (Å²) >= 11 is 0. The Hall–Kier alpha value is -3.15. The van der Waals surface area contributed by atoms with Crippen LogP contribution in [-0.2, 0) is 11.2 Å². The molecule has 0 fully saturated rings. The number of hydrogen-bond acceptors (Lipinski definition) is 5. The van der Waals surface area contributed by atoms with Gasteiger partial charge in [-0.2, -0.15) is 4.98 Å². The molecule has 0 saturated carbocycles. The zero-order valence-electron chi connectivity index (χ0n) is 14.2. The van der Waals surface area contributed by atoms with Crippen molar-refractivity contribution in [3.8, 4) is 5.75 Å². The van der Waals surface area contributed by atoms with Crippen molar-refractivity contribution in [3.05, 3.63) is 71.4 Å². The number of anilines is 1. The van der Waals surface area contributed by atoms with Gasteiger partial charge in [0, 0.05) is 5.69 Å². The van der Waals surface area contributed by atoms with Gasteiger partial charge in [0.1, 0.15) is 5.75 Å². The lowest BCUT2D eigenvalue weighted by molar-refractivity contribution is -0.118. The van der Waals surface area contributed by atoms with Crippen LogP contribution in [0.25, 0.3) is 0 Å². The first-order valence-corrected chi connectivity index (χ1v) is 7.97. The van der Waals surface area contributed by atoms with Crippen molar-refractivity contribution in [1.82, 2.24) is 10.1 Å². The minimum atomic E-state index is -0.225. The monoisotopic (exact) mass is 337 g/mol. The lowest BCUT2D eigenvalue weighted by Gasteiger charge is -2.11. The van der Waals surface area contributed by atoms with Crippen LogP contribution >= 0.6 is 0 Å². The van der Waals surface area contributed by atoms with Gasteiger partial charge in [-0.25, -0.2) is 0 Å². The van der Waals surface area contributed by atoms with E-state index in [1.165, 1.54) is 0 Å². The first-order valence-electron chi connectivity index (χ1n) is 7.97. The number of carbonyl (C=O) groups excluding carboxylic acids is 1. The Bertz CT molecular complexity index is 874. The van der Waals surface area contributed by atoms with E-state index in [9.17, 15) is 4.79 Å². The van der Waals surface area contributed by atoms with Crippen LogP contribution in [0.3, 0.4) is 0 Å². The maximum absolute atomic E-state index is 12.2. The van der Waals surface area contributed by atoms with Crippen LogP contribution in [0, 0.1) is 13.8 Å². The van der Waals surface area contributed by atoms with Gasteiger partial charge in [-0.05, 0) is 37.1 Å². The van der Waals surface area contributed by atoms with Gasteiger partial charge < -0.3 is 14.6 Å². The molecule has 0 saturated heterocycles. The summed E-state index contributed by atoms with van der Waals surface area (Å²) in [4.78, 5) is 16.4. The second-order valence-corrected chi connectivity index (χ2v) is 5.67. The molecule has 0 aliphatic rings. The number of nitrogens with zero attached hydrogens (tertiary/aromatic N) is 2. The minimum absolute atomic E-state index is 0.0567. The fraction of sp³-hybridized carbons (Fsp3) is 0.211. The molecule has 0 aliphatic carbocycles. The molecule has 0 unspecified atom stereocenters. The Morgan fingerprint density at radius 2 is 1.88 bits per heavy atom. The van der Waals surface area contributed by atoms with Crippen molar-refractivity contribution in [2.75, 3.05) is 11.9 Å². The number of hydrogen-bond donors (Lipinski definition) is 1. The van der Waals surface area contributed by atoms with Crippen LogP contribution in [0.5, 0.6) is 5.75 Å². The molecule has 6 heteroatoms. The second kappa shape index (κ2) is 7.61. The van der Waals surface area contributed by atoms with Crippen LogP contribution in [0.15, 0.2) is 53.1 Å². The highest BCUT2D eigenvalue weighted by atomic mass is 16.5. The quantitative estimate of drug-likeness (QED) is 0.747. The van der Waals surface area contributed by atoms with Gasteiger partial charge in [0.15, 0.2) is 12.4 Å². The molecule has 0 radical (unpaired) electrons. The maximum Gasteiger partial charge on any atom is 0.262 e. The van der Waals surface area contributed by atoms with Gasteiger partial charge in [-0.1, -0.05) is 41.6 Å². The minimum Gasteiger partial charge on any atom is -0.483 e. The summed E-state index contributed by atoms with van der Waals surface area (Å²) in [5, 5.41) is 6.65. The Morgan fingerprint density at radius 3 is 2.64 bits per heavy atom. The molecule has 6 nitrogen and oxygen atoms in total. The zero-order chi connectivity index (χ0) is 17.6. The molecule has 25 heavy (non-hydrogen) atoms. The van der Waals surface area contributed by atoms with Gasteiger partial charge in [0.05, 0.1) is 6.42 Å². The second-order valence-electron chi connectivity index (χ2n) is 5.67. The summed E-state index contributed by atoms with van der Waals surface area (Å²) in [5.41, 5.74) is 2.59. The van der Waals surface area contributed by atoms with Gasteiger partial charge in [0.2, 0.25) is 5.89 Å². The van der Waals surface area contributed by atoms with Crippen molar-refractivity contribution in [2.24, 2.45) is 0 Å². The number of ether oxygens (including phenoxy) is 1. The highest BCUT2D eigenvalue weighted by molar-refractivity contribution is 5.92. The van der Waals surface area contributed by atoms with Crippen LogP contribution in [0.4, 0.5) is 5.69 Å². The Kier molecular flexibility index (Phi) is 5.09. The molecule has 0 aliphatic heterocycles. The SMILES string of the molecule is Cc1noc(Cc2ccccc2NC(=O)COc2ccccc2C)n1. The lowest BCUT2D eigenvalue weighted by atomic mass is 10.1. The zero-order valence-corrected chi connectivity index (χ0v) is 14.2. The molecule has 0 spiro atoms. The number of amides is 1. The van der Waals surface area contributed by atoms with Crippen LogP contribution in [0.1, 0.15) is 22.8 Å². The molecule has 128 valence electrons. The van der Waals surface area contributed by atoms with Gasteiger partial charge in [-0.3, -0.25) is 4.79 Å². The van der Waals surface area contributed by atoms with Crippen LogP contribution in [0.2, 0.25) is 0 Å². The van der Waals surface area contributed by atoms with E-state index < -0.39 is 0 Å². The molecular weight excluding hydrogens is 318 g/mol. The van der Waals surface area contributed by atoms with E-state index >= 15 is 0 Å². The average Bonchev–Trinajstić information content (AvgIpc) is 3.01. The largest absolute Gasteiger partial charge is 0.483 e. The predicted octanol–water partition coefficient (Wildman–Crippen LogP) is 3.29. The molecule has 1 heterocycles. The summed E-state index contributed by atoms with van der Waals surface area (Å²) in [5.74, 6) is 1.57. The maximum atomic E-state index is 12.2. The van der Waals surface area contributed by atoms with Crippen molar-refractivity contribution in [2.45, 2.75) is 20.3 Å². The van der Waals surface area contributed by atoms with E-state index in [1.807, 2.05) is 55.5 Å². The molecule has 3 aromatic rings. The summed E-state index contributed by atoms with van der Waals surface area (Å²) in [6.45, 7) is 3.65. The van der Waals surface area contributed by atoms with E-state index in [2.05, 4.69) is 15.5 Å². The number of aryl methyl sites for hydroxylation is 2. The first-order chi connectivity index (χ1) is 12.1. The summed E-state index contributed by atoms with van der Waals surface area (Å²) in [6, 6.07) is 15.1. The molecule has 1 N–H and O–H groups in total. The van der Waals surface area contributed by atoms with E-state index in [-0.39, 0.29) is 12.5 Å².